The molecule has 10 nitrogen and oxygen atoms in total. The lowest BCUT2D eigenvalue weighted by atomic mass is 9.84. The smallest absolute Gasteiger partial charge is 0.475 e. The van der Waals surface area contributed by atoms with Crippen molar-refractivity contribution >= 4 is 23.8 Å². The van der Waals surface area contributed by atoms with E-state index in [0.717, 1.165) is 23.1 Å². The van der Waals surface area contributed by atoms with Crippen molar-refractivity contribution in [3.63, 3.8) is 0 Å². The molecule has 1 saturated heterocycles. The van der Waals surface area contributed by atoms with E-state index in [0.29, 0.717) is 19.5 Å². The number of aromatic nitrogens is 1. The van der Waals surface area contributed by atoms with E-state index in [9.17, 15) is 35.9 Å². The molecule has 5 N–H and O–H groups in total. The zero-order valence-electron chi connectivity index (χ0n) is 23.9. The summed E-state index contributed by atoms with van der Waals surface area (Å²) < 4.78 is 63.5. The van der Waals surface area contributed by atoms with Crippen molar-refractivity contribution in [3.8, 4) is 0 Å². The number of nitrogens with zero attached hydrogens (tertiary/aromatic N) is 2. The lowest BCUT2D eigenvalue weighted by molar-refractivity contribution is -0.193. The second-order valence-corrected chi connectivity index (χ2v) is 9.69. The Labute approximate surface area is 258 Å². The van der Waals surface area contributed by atoms with Crippen LogP contribution in [0.25, 0.3) is 0 Å². The Morgan fingerprint density at radius 2 is 1.26 bits per heavy atom. The van der Waals surface area contributed by atoms with E-state index < -0.39 is 36.4 Å². The van der Waals surface area contributed by atoms with Crippen LogP contribution < -0.4 is 11.1 Å². The second-order valence-electron chi connectivity index (χ2n) is 9.69. The number of aliphatic carboxylic acids is 2. The van der Waals surface area contributed by atoms with Crippen molar-refractivity contribution < 1.29 is 55.7 Å². The number of pyridine rings is 1. The predicted octanol–water partition coefficient (Wildman–Crippen LogP) is 4.11. The van der Waals surface area contributed by atoms with Crippen LogP contribution in [0.1, 0.15) is 35.4 Å². The third-order valence-corrected chi connectivity index (χ3v) is 6.50. The molecule has 4 rings (SSSR count). The minimum atomic E-state index is -5.08. The molecule has 1 fully saturated rings. The number of carboxylic acid groups (broad SMARTS) is 2. The normalized spacial score (nSPS) is 15.0. The molecular weight excluding hydrogens is 626 g/mol. The van der Waals surface area contributed by atoms with E-state index >= 15 is 0 Å². The number of carbonyl (C=O) groups is 4. The first-order valence-corrected chi connectivity index (χ1v) is 13.5. The maximum absolute atomic E-state index is 13.5. The standard InChI is InChI=1S/C26H28N4O2.2C2HF3O2/c27-24(23(20-8-3-1-4-9-20)21-10-5-2-6-11-21)26(32)30-17-7-12-22(30)25(31)29-18-19-13-15-28-16-14-19;2*3-2(4,5)1(6)7/h1-6,8-11,13-16,22-24H,7,12,17-18,27H2,(H,29,31);2*(H,6,7)/t22-,24+;;/m0../s1. The van der Waals surface area contributed by atoms with E-state index in [1.165, 1.54) is 0 Å². The molecule has 0 bridgehead atoms. The van der Waals surface area contributed by atoms with Gasteiger partial charge in [0.05, 0.1) is 6.04 Å². The number of rotatable bonds is 7. The monoisotopic (exact) mass is 656 g/mol. The number of nitrogens with two attached hydrogens (primary N) is 1. The van der Waals surface area contributed by atoms with E-state index in [-0.39, 0.29) is 17.7 Å². The topological polar surface area (TPSA) is 163 Å². The molecule has 3 aromatic rings. The maximum Gasteiger partial charge on any atom is 0.490 e. The Kier molecular flexibility index (Phi) is 13.7. The molecule has 1 aliphatic heterocycles. The molecule has 0 unspecified atom stereocenters. The number of benzene rings is 2. The molecule has 0 radical (unpaired) electrons. The highest BCUT2D eigenvalue weighted by molar-refractivity contribution is 5.91. The first-order chi connectivity index (χ1) is 21.5. The van der Waals surface area contributed by atoms with Gasteiger partial charge < -0.3 is 26.2 Å². The number of halogens is 6. The van der Waals surface area contributed by atoms with Gasteiger partial charge in [0.1, 0.15) is 6.04 Å². The molecule has 2 amide bonds. The largest absolute Gasteiger partial charge is 0.490 e. The van der Waals surface area contributed by atoms with Gasteiger partial charge >= 0.3 is 24.3 Å². The first kappa shape index (κ1) is 37.2. The van der Waals surface area contributed by atoms with Crippen molar-refractivity contribution in [3.05, 3.63) is 102 Å². The molecule has 2 heterocycles. The second kappa shape index (κ2) is 16.9. The Hall–Kier alpha value is -4.99. The molecule has 1 aromatic heterocycles. The van der Waals surface area contributed by atoms with E-state index in [4.69, 9.17) is 25.5 Å². The number of likely N-dealkylation sites (tertiary alicyclic amines) is 1. The van der Waals surface area contributed by atoms with Gasteiger partial charge in [-0.3, -0.25) is 14.6 Å². The summed E-state index contributed by atoms with van der Waals surface area (Å²) in [5.41, 5.74) is 9.54. The SMILES string of the molecule is N[C@@H](C(=O)N1CCC[C@H]1C(=O)NCc1ccncc1)C(c1ccccc1)c1ccccc1.O=C(O)C(F)(F)F.O=C(O)C(F)(F)F. The van der Waals surface area contributed by atoms with Crippen molar-refractivity contribution in [1.82, 2.24) is 15.2 Å². The van der Waals surface area contributed by atoms with Crippen molar-refractivity contribution in [1.29, 1.82) is 0 Å². The zero-order valence-corrected chi connectivity index (χ0v) is 23.9. The highest BCUT2D eigenvalue weighted by atomic mass is 19.4. The zero-order chi connectivity index (χ0) is 34.5. The number of hydrogen-bond donors (Lipinski definition) is 4. The third-order valence-electron chi connectivity index (χ3n) is 6.50. The average molecular weight is 657 g/mol. The lowest BCUT2D eigenvalue weighted by Gasteiger charge is -2.31. The van der Waals surface area contributed by atoms with Crippen molar-refractivity contribution in [2.24, 2.45) is 5.73 Å². The van der Waals surface area contributed by atoms with E-state index in [2.05, 4.69) is 10.3 Å². The van der Waals surface area contributed by atoms with Gasteiger partial charge in [-0.05, 0) is 41.7 Å². The summed E-state index contributed by atoms with van der Waals surface area (Å²) in [5, 5.41) is 17.2. The number of carboxylic acids is 2. The summed E-state index contributed by atoms with van der Waals surface area (Å²) in [6, 6.07) is 22.1. The van der Waals surface area contributed by atoms with E-state index in [1.807, 2.05) is 72.8 Å². The number of alkyl halides is 6. The summed E-state index contributed by atoms with van der Waals surface area (Å²) in [6.45, 7) is 0.943. The van der Waals surface area contributed by atoms with Gasteiger partial charge in [0.2, 0.25) is 11.8 Å². The van der Waals surface area contributed by atoms with Crippen LogP contribution in [-0.2, 0) is 25.7 Å². The molecule has 46 heavy (non-hydrogen) atoms. The van der Waals surface area contributed by atoms with Gasteiger partial charge in [0.15, 0.2) is 0 Å². The molecule has 1 aliphatic rings. The number of carbonyl (C=O) groups excluding carboxylic acids is 2. The minimum Gasteiger partial charge on any atom is -0.475 e. The van der Waals surface area contributed by atoms with Gasteiger partial charge in [-0.15, -0.1) is 0 Å². The maximum atomic E-state index is 13.5. The van der Waals surface area contributed by atoms with Gasteiger partial charge in [-0.25, -0.2) is 9.59 Å². The van der Waals surface area contributed by atoms with Crippen LogP contribution >= 0.6 is 0 Å². The van der Waals surface area contributed by atoms with Gasteiger partial charge in [0.25, 0.3) is 0 Å². The van der Waals surface area contributed by atoms with Crippen molar-refractivity contribution in [2.75, 3.05) is 6.54 Å². The molecule has 0 saturated carbocycles. The first-order valence-electron chi connectivity index (χ1n) is 13.5. The molecule has 0 aliphatic carbocycles. The number of hydrogen-bond acceptors (Lipinski definition) is 6. The molecule has 2 atom stereocenters. The molecule has 2 aromatic carbocycles. The Morgan fingerprint density at radius 3 is 1.67 bits per heavy atom. The van der Waals surface area contributed by atoms with E-state index in [1.54, 1.807) is 17.3 Å². The van der Waals surface area contributed by atoms with Crippen LogP contribution in [0.15, 0.2) is 85.2 Å². The van der Waals surface area contributed by atoms with Crippen LogP contribution in [0.3, 0.4) is 0 Å². The molecule has 248 valence electrons. The Balaban J connectivity index is 0.000000440. The van der Waals surface area contributed by atoms with Crippen molar-refractivity contribution in [2.45, 2.75) is 49.7 Å². The van der Waals surface area contributed by atoms with Crippen LogP contribution in [0.4, 0.5) is 26.3 Å². The quantitative estimate of drug-likeness (QED) is 0.276. The van der Waals surface area contributed by atoms with Gasteiger partial charge in [0, 0.05) is 31.4 Å². The average Bonchev–Trinajstić information content (AvgIpc) is 3.51. The molecular formula is C30H30F6N4O6. The molecule has 16 heteroatoms. The Bertz CT molecular complexity index is 1360. The summed E-state index contributed by atoms with van der Waals surface area (Å²) in [5.74, 6) is -6.13. The summed E-state index contributed by atoms with van der Waals surface area (Å²) >= 11 is 0. The molecule has 0 spiro atoms. The highest BCUT2D eigenvalue weighted by Gasteiger charge is 2.40. The van der Waals surface area contributed by atoms with Crippen LogP contribution in [0, 0.1) is 0 Å². The fourth-order valence-electron chi connectivity index (χ4n) is 4.37. The summed E-state index contributed by atoms with van der Waals surface area (Å²) in [6.07, 6.45) is -5.35. The number of amides is 2. The summed E-state index contributed by atoms with van der Waals surface area (Å²) in [7, 11) is 0. The third kappa shape index (κ3) is 11.5. The highest BCUT2D eigenvalue weighted by Crippen LogP contribution is 2.30. The van der Waals surface area contributed by atoms with Gasteiger partial charge in [-0.1, -0.05) is 60.7 Å². The number of nitrogens with one attached hydrogen (secondary N) is 1. The van der Waals surface area contributed by atoms with Crippen LogP contribution in [0.2, 0.25) is 0 Å². The fourth-order valence-corrected chi connectivity index (χ4v) is 4.37. The predicted molar refractivity (Wildman–Crippen MR) is 151 cm³/mol. The van der Waals surface area contributed by atoms with Gasteiger partial charge in [-0.2, -0.15) is 26.3 Å². The fraction of sp³-hybridized carbons (Fsp3) is 0.300. The lowest BCUT2D eigenvalue weighted by Crippen LogP contribution is -2.52. The van der Waals surface area contributed by atoms with Crippen LogP contribution in [-0.4, -0.2) is 74.8 Å². The Morgan fingerprint density at radius 1 is 0.826 bits per heavy atom. The minimum absolute atomic E-state index is 0.143. The van der Waals surface area contributed by atoms with Crippen LogP contribution in [0.5, 0.6) is 0 Å². The summed E-state index contributed by atoms with van der Waals surface area (Å²) in [4.78, 5) is 49.9.